The van der Waals surface area contributed by atoms with E-state index in [9.17, 15) is 13.6 Å². The third kappa shape index (κ3) is 2.36. The maximum absolute atomic E-state index is 12.9. The van der Waals surface area contributed by atoms with Gasteiger partial charge in [-0.3, -0.25) is 4.79 Å². The summed E-state index contributed by atoms with van der Waals surface area (Å²) in [7, 11) is 0. The Balaban J connectivity index is 2.12. The largest absolute Gasteiger partial charge is 0.337 e. The molecular weight excluding hydrogens is 214 g/mol. The van der Waals surface area contributed by atoms with Crippen molar-refractivity contribution in [1.82, 2.24) is 4.90 Å². The summed E-state index contributed by atoms with van der Waals surface area (Å²) in [5.74, 6) is -1.34. The highest BCUT2D eigenvalue weighted by Gasteiger charge is 2.26. The van der Waals surface area contributed by atoms with E-state index in [-0.39, 0.29) is 18.5 Å². The van der Waals surface area contributed by atoms with E-state index in [0.29, 0.717) is 18.5 Å². The van der Waals surface area contributed by atoms with Crippen LogP contribution in [0.3, 0.4) is 0 Å². The molecule has 3 nitrogen and oxygen atoms in total. The number of nitrogens with two attached hydrogens (primary N) is 1. The van der Waals surface area contributed by atoms with Crippen molar-refractivity contribution in [3.05, 3.63) is 35.4 Å². The normalized spacial score (nSPS) is 20.6. The summed E-state index contributed by atoms with van der Waals surface area (Å²) in [5.41, 5.74) is 6.06. The number of likely N-dealkylation sites (tertiary alicyclic amines) is 1. The monoisotopic (exact) mass is 226 g/mol. The summed E-state index contributed by atoms with van der Waals surface area (Å²) >= 11 is 0. The lowest BCUT2D eigenvalue weighted by atomic mass is 10.2. The Hall–Kier alpha value is -1.49. The van der Waals surface area contributed by atoms with E-state index in [0.717, 1.165) is 6.07 Å². The van der Waals surface area contributed by atoms with Gasteiger partial charge in [-0.1, -0.05) is 0 Å². The number of carbonyl (C=O) groups excluding carboxylic acids is 1. The fourth-order valence-electron chi connectivity index (χ4n) is 1.88. The second-order valence-corrected chi connectivity index (χ2v) is 4.02. The molecule has 1 amide bonds. The molecule has 0 spiro atoms. The minimum absolute atomic E-state index is 0.0721. The van der Waals surface area contributed by atoms with Crippen molar-refractivity contribution in [2.75, 3.05) is 6.54 Å². The molecule has 0 aromatic heterocycles. The SMILES string of the molecule is NC1CC(=O)N(Cc2cc(F)cc(F)c2)C1. The molecule has 0 radical (unpaired) electrons. The molecule has 1 fully saturated rings. The molecule has 1 heterocycles. The standard InChI is InChI=1S/C11H12F2N2O/c12-8-1-7(2-9(13)3-8)5-15-6-10(14)4-11(15)16/h1-3,10H,4-6,14H2. The zero-order valence-electron chi connectivity index (χ0n) is 8.62. The number of nitrogens with zero attached hydrogens (tertiary/aromatic N) is 1. The van der Waals surface area contributed by atoms with Gasteiger partial charge in [0.05, 0.1) is 0 Å². The van der Waals surface area contributed by atoms with Gasteiger partial charge < -0.3 is 10.6 Å². The zero-order chi connectivity index (χ0) is 11.7. The fraction of sp³-hybridized carbons (Fsp3) is 0.364. The Morgan fingerprint density at radius 1 is 1.31 bits per heavy atom. The first-order valence-corrected chi connectivity index (χ1v) is 5.03. The average Bonchev–Trinajstić information content (AvgIpc) is 2.43. The van der Waals surface area contributed by atoms with Crippen LogP contribution in [0.1, 0.15) is 12.0 Å². The molecule has 2 N–H and O–H groups in total. The van der Waals surface area contributed by atoms with Gasteiger partial charge in [0.25, 0.3) is 0 Å². The van der Waals surface area contributed by atoms with E-state index < -0.39 is 11.6 Å². The van der Waals surface area contributed by atoms with Gasteiger partial charge in [0.1, 0.15) is 11.6 Å². The second kappa shape index (κ2) is 4.17. The molecule has 1 atom stereocenters. The van der Waals surface area contributed by atoms with Crippen molar-refractivity contribution in [1.29, 1.82) is 0 Å². The van der Waals surface area contributed by atoms with Crippen LogP contribution in [-0.2, 0) is 11.3 Å². The molecule has 0 aliphatic carbocycles. The van der Waals surface area contributed by atoms with Crippen LogP contribution in [0.15, 0.2) is 18.2 Å². The molecule has 2 rings (SSSR count). The van der Waals surface area contributed by atoms with Gasteiger partial charge >= 0.3 is 0 Å². The molecule has 0 saturated carbocycles. The number of hydrogen-bond acceptors (Lipinski definition) is 2. The fourth-order valence-corrected chi connectivity index (χ4v) is 1.88. The lowest BCUT2D eigenvalue weighted by molar-refractivity contribution is -0.128. The highest BCUT2D eigenvalue weighted by molar-refractivity contribution is 5.79. The van der Waals surface area contributed by atoms with Crippen molar-refractivity contribution < 1.29 is 13.6 Å². The van der Waals surface area contributed by atoms with Crippen molar-refractivity contribution in [3.63, 3.8) is 0 Å². The lowest BCUT2D eigenvalue weighted by Crippen LogP contribution is -2.27. The number of hydrogen-bond donors (Lipinski definition) is 1. The van der Waals surface area contributed by atoms with E-state index >= 15 is 0 Å². The zero-order valence-corrected chi connectivity index (χ0v) is 8.62. The van der Waals surface area contributed by atoms with Crippen molar-refractivity contribution in [3.8, 4) is 0 Å². The average molecular weight is 226 g/mol. The van der Waals surface area contributed by atoms with E-state index in [1.165, 1.54) is 17.0 Å². The molecule has 1 aliphatic heterocycles. The van der Waals surface area contributed by atoms with E-state index in [2.05, 4.69) is 0 Å². The van der Waals surface area contributed by atoms with Crippen LogP contribution >= 0.6 is 0 Å². The maximum atomic E-state index is 12.9. The van der Waals surface area contributed by atoms with Crippen LogP contribution < -0.4 is 5.73 Å². The van der Waals surface area contributed by atoms with Gasteiger partial charge in [0.15, 0.2) is 0 Å². The summed E-state index contributed by atoms with van der Waals surface area (Å²) < 4.78 is 25.8. The van der Waals surface area contributed by atoms with Gasteiger partial charge in [-0.25, -0.2) is 8.78 Å². The number of amides is 1. The number of carbonyl (C=O) groups is 1. The second-order valence-electron chi connectivity index (χ2n) is 4.02. The highest BCUT2D eigenvalue weighted by atomic mass is 19.1. The van der Waals surface area contributed by atoms with Crippen molar-refractivity contribution in [2.24, 2.45) is 5.73 Å². The maximum Gasteiger partial charge on any atom is 0.224 e. The first kappa shape index (κ1) is 11.0. The number of halogens is 2. The van der Waals surface area contributed by atoms with Crippen LogP contribution in [0.5, 0.6) is 0 Å². The van der Waals surface area contributed by atoms with Gasteiger partial charge in [-0.15, -0.1) is 0 Å². The quantitative estimate of drug-likeness (QED) is 0.818. The predicted octanol–water partition coefficient (Wildman–Crippen LogP) is 1.02. The van der Waals surface area contributed by atoms with Crippen LogP contribution in [0.4, 0.5) is 8.78 Å². The van der Waals surface area contributed by atoms with Gasteiger partial charge in [-0.05, 0) is 17.7 Å². The number of rotatable bonds is 2. The topological polar surface area (TPSA) is 46.3 Å². The lowest BCUT2D eigenvalue weighted by Gasteiger charge is -2.15. The van der Waals surface area contributed by atoms with Crippen molar-refractivity contribution >= 4 is 5.91 Å². The first-order chi connectivity index (χ1) is 7.54. The van der Waals surface area contributed by atoms with E-state index in [1.54, 1.807) is 0 Å². The van der Waals surface area contributed by atoms with Gasteiger partial charge in [-0.2, -0.15) is 0 Å². The first-order valence-electron chi connectivity index (χ1n) is 5.03. The minimum atomic E-state index is -0.633. The Morgan fingerprint density at radius 3 is 2.44 bits per heavy atom. The summed E-state index contributed by atoms with van der Waals surface area (Å²) in [4.78, 5) is 12.9. The Morgan fingerprint density at radius 2 is 1.94 bits per heavy atom. The minimum Gasteiger partial charge on any atom is -0.337 e. The third-order valence-electron chi connectivity index (χ3n) is 2.54. The van der Waals surface area contributed by atoms with Crippen LogP contribution in [0.2, 0.25) is 0 Å². The van der Waals surface area contributed by atoms with Gasteiger partial charge in [0.2, 0.25) is 5.91 Å². The molecule has 1 aromatic carbocycles. The summed E-state index contributed by atoms with van der Waals surface area (Å²) in [6.45, 7) is 0.651. The van der Waals surface area contributed by atoms with E-state index in [4.69, 9.17) is 5.73 Å². The molecule has 86 valence electrons. The molecular formula is C11H12F2N2O. The molecule has 5 heteroatoms. The summed E-state index contributed by atoms with van der Waals surface area (Å²) in [5, 5.41) is 0. The summed E-state index contributed by atoms with van der Waals surface area (Å²) in [6, 6.07) is 3.08. The van der Waals surface area contributed by atoms with Crippen molar-refractivity contribution in [2.45, 2.75) is 19.0 Å². The van der Waals surface area contributed by atoms with Crippen LogP contribution in [0.25, 0.3) is 0 Å². The molecule has 1 aliphatic rings. The molecule has 16 heavy (non-hydrogen) atoms. The van der Waals surface area contributed by atoms with Crippen LogP contribution in [-0.4, -0.2) is 23.4 Å². The van der Waals surface area contributed by atoms with E-state index in [1.807, 2.05) is 0 Å². The molecule has 0 bridgehead atoms. The predicted molar refractivity (Wildman–Crippen MR) is 54.4 cm³/mol. The third-order valence-corrected chi connectivity index (χ3v) is 2.54. The Kier molecular flexibility index (Phi) is 2.87. The Bertz CT molecular complexity index is 402. The molecule has 1 unspecified atom stereocenters. The van der Waals surface area contributed by atoms with Gasteiger partial charge in [0, 0.05) is 31.6 Å². The smallest absolute Gasteiger partial charge is 0.224 e. The highest BCUT2D eigenvalue weighted by Crippen LogP contribution is 2.15. The summed E-state index contributed by atoms with van der Waals surface area (Å²) in [6.07, 6.45) is 0.303. The molecule has 1 saturated heterocycles. The Labute approximate surface area is 91.8 Å². The number of benzene rings is 1. The van der Waals surface area contributed by atoms with Crippen LogP contribution in [0, 0.1) is 11.6 Å². The molecule has 1 aromatic rings.